The first-order valence-electron chi connectivity index (χ1n) is 8.99. The van der Waals surface area contributed by atoms with Gasteiger partial charge in [-0.1, -0.05) is 5.92 Å². The van der Waals surface area contributed by atoms with Gasteiger partial charge in [0.15, 0.2) is 23.2 Å². The van der Waals surface area contributed by atoms with Gasteiger partial charge in [-0.05, 0) is 30.2 Å². The highest BCUT2D eigenvalue weighted by Crippen LogP contribution is 2.32. The van der Waals surface area contributed by atoms with Crippen molar-refractivity contribution < 1.29 is 24.8 Å². The zero-order valence-corrected chi connectivity index (χ0v) is 15.8. The fourth-order valence-corrected chi connectivity index (χ4v) is 3.23. The highest BCUT2D eigenvalue weighted by Gasteiger charge is 2.45. The summed E-state index contributed by atoms with van der Waals surface area (Å²) in [5.41, 5.74) is 5.70. The Kier molecular flexibility index (Phi) is 5.15. The van der Waals surface area contributed by atoms with E-state index in [1.807, 2.05) is 0 Å². The molecule has 1 aromatic carbocycles. The zero-order valence-electron chi connectivity index (χ0n) is 15.8. The lowest BCUT2D eigenvalue weighted by molar-refractivity contribution is -0.0514. The van der Waals surface area contributed by atoms with E-state index in [0.717, 1.165) is 0 Å². The quantitative estimate of drug-likeness (QED) is 0.328. The third kappa shape index (κ3) is 3.38. The SMILES string of the molecule is COc1ccc(C#Cc2nc3c(=O)[nH]c(N)nc3n2[C@@H]2O[C@H](CO)[C@@H](O)[C@H]2O)cc1. The van der Waals surface area contributed by atoms with Crippen LogP contribution in [-0.4, -0.2) is 66.9 Å². The van der Waals surface area contributed by atoms with Gasteiger partial charge in [-0.2, -0.15) is 4.98 Å². The molecule has 0 amide bonds. The van der Waals surface area contributed by atoms with Gasteiger partial charge < -0.3 is 30.5 Å². The summed E-state index contributed by atoms with van der Waals surface area (Å²) in [6.07, 6.45) is -4.97. The molecule has 0 spiro atoms. The second kappa shape index (κ2) is 7.77. The normalized spacial score (nSPS) is 23.3. The highest BCUT2D eigenvalue weighted by molar-refractivity contribution is 5.73. The van der Waals surface area contributed by atoms with Gasteiger partial charge in [0.05, 0.1) is 13.7 Å². The van der Waals surface area contributed by atoms with E-state index in [4.69, 9.17) is 15.2 Å². The average molecular weight is 413 g/mol. The Bertz CT molecular complexity index is 1190. The summed E-state index contributed by atoms with van der Waals surface area (Å²) < 4.78 is 12.0. The molecule has 30 heavy (non-hydrogen) atoms. The van der Waals surface area contributed by atoms with E-state index in [1.165, 1.54) is 4.57 Å². The minimum Gasteiger partial charge on any atom is -0.497 e. The van der Waals surface area contributed by atoms with E-state index in [9.17, 15) is 20.1 Å². The molecule has 0 bridgehead atoms. The maximum Gasteiger partial charge on any atom is 0.280 e. The molecule has 3 aromatic rings. The van der Waals surface area contributed by atoms with Gasteiger partial charge in [0.1, 0.15) is 24.1 Å². The van der Waals surface area contributed by atoms with Gasteiger partial charge in [-0.3, -0.25) is 14.3 Å². The number of anilines is 1. The van der Waals surface area contributed by atoms with Gasteiger partial charge in [0.25, 0.3) is 5.56 Å². The van der Waals surface area contributed by atoms with E-state index in [1.54, 1.807) is 31.4 Å². The number of nitrogens with two attached hydrogens (primary N) is 1. The topological polar surface area (TPSA) is 169 Å². The number of H-pyrrole nitrogens is 1. The lowest BCUT2D eigenvalue weighted by Gasteiger charge is -2.17. The molecule has 0 unspecified atom stereocenters. The number of imidazole rings is 1. The predicted octanol–water partition coefficient (Wildman–Crippen LogP) is -1.28. The molecule has 4 rings (SSSR count). The van der Waals surface area contributed by atoms with E-state index in [0.29, 0.717) is 11.3 Å². The summed E-state index contributed by atoms with van der Waals surface area (Å²) in [6.45, 7) is -0.510. The molecule has 11 heteroatoms. The van der Waals surface area contributed by atoms with Crippen molar-refractivity contribution in [3.63, 3.8) is 0 Å². The molecule has 0 radical (unpaired) electrons. The van der Waals surface area contributed by atoms with Gasteiger partial charge in [0.2, 0.25) is 5.95 Å². The number of aromatic nitrogens is 4. The third-order valence-corrected chi connectivity index (χ3v) is 4.75. The van der Waals surface area contributed by atoms with Crippen LogP contribution in [0.3, 0.4) is 0 Å². The first-order valence-corrected chi connectivity index (χ1v) is 8.99. The van der Waals surface area contributed by atoms with Crippen LogP contribution in [0.25, 0.3) is 11.2 Å². The second-order valence-corrected chi connectivity index (χ2v) is 6.64. The second-order valence-electron chi connectivity index (χ2n) is 6.64. The number of aliphatic hydroxyl groups excluding tert-OH is 3. The van der Waals surface area contributed by atoms with Crippen LogP contribution in [0.5, 0.6) is 5.75 Å². The van der Waals surface area contributed by atoms with Crippen molar-refractivity contribution >= 4 is 17.1 Å². The minimum atomic E-state index is -1.41. The van der Waals surface area contributed by atoms with E-state index >= 15 is 0 Å². The minimum absolute atomic E-state index is 0.0325. The lowest BCUT2D eigenvalue weighted by atomic mass is 10.1. The molecule has 1 aliphatic heterocycles. The lowest BCUT2D eigenvalue weighted by Crippen LogP contribution is -2.33. The first-order chi connectivity index (χ1) is 14.4. The molecule has 1 aliphatic rings. The molecule has 0 aliphatic carbocycles. The van der Waals surface area contributed by atoms with Crippen LogP contribution in [0.2, 0.25) is 0 Å². The molecule has 1 saturated heterocycles. The van der Waals surface area contributed by atoms with Gasteiger partial charge in [-0.15, -0.1) is 0 Å². The first kappa shape index (κ1) is 19.9. The number of rotatable bonds is 3. The summed E-state index contributed by atoms with van der Waals surface area (Å²) in [5.74, 6) is 6.34. The zero-order chi connectivity index (χ0) is 21.4. The average Bonchev–Trinajstić information content (AvgIpc) is 3.24. The summed E-state index contributed by atoms with van der Waals surface area (Å²) in [7, 11) is 1.56. The molecular formula is C19H19N5O6. The number of aliphatic hydroxyl groups is 3. The summed E-state index contributed by atoms with van der Waals surface area (Å²) >= 11 is 0. The smallest absolute Gasteiger partial charge is 0.280 e. The number of ether oxygens (including phenoxy) is 2. The van der Waals surface area contributed by atoms with Crippen molar-refractivity contribution in [3.8, 4) is 17.6 Å². The number of hydrogen-bond acceptors (Lipinski definition) is 9. The van der Waals surface area contributed by atoms with Crippen LogP contribution in [0.4, 0.5) is 5.95 Å². The fourth-order valence-electron chi connectivity index (χ4n) is 3.23. The summed E-state index contributed by atoms with van der Waals surface area (Å²) in [6, 6.07) is 6.97. The van der Waals surface area contributed by atoms with Crippen LogP contribution in [0, 0.1) is 11.8 Å². The van der Waals surface area contributed by atoms with Crippen LogP contribution in [0.1, 0.15) is 17.6 Å². The number of aromatic amines is 1. The Labute approximate surface area is 169 Å². The Hall–Kier alpha value is -3.43. The Morgan fingerprint density at radius 1 is 1.23 bits per heavy atom. The molecule has 0 saturated carbocycles. The Balaban J connectivity index is 1.85. The molecule has 6 N–H and O–H groups in total. The Morgan fingerprint density at radius 3 is 2.60 bits per heavy atom. The maximum absolute atomic E-state index is 12.3. The number of nitrogens with one attached hydrogen (secondary N) is 1. The standard InChI is InChI=1S/C19H19N5O6/c1-29-10-5-2-9(3-6-10)4-7-12-21-13-16(22-19(20)23-17(13)28)24(12)18-15(27)14(26)11(8-25)30-18/h2-3,5-6,11,14-15,18,25-27H,8H2,1H3,(H3,20,22,23,28)/t11-,14-,15-,18-/m1/s1. The number of fused-ring (bicyclic) bond motifs is 1. The van der Waals surface area contributed by atoms with Crippen molar-refractivity contribution in [2.24, 2.45) is 0 Å². The molecule has 1 fully saturated rings. The largest absolute Gasteiger partial charge is 0.497 e. The predicted molar refractivity (Wildman–Crippen MR) is 105 cm³/mol. The van der Waals surface area contributed by atoms with Crippen LogP contribution >= 0.6 is 0 Å². The van der Waals surface area contributed by atoms with Gasteiger partial charge >= 0.3 is 0 Å². The number of nitrogens with zero attached hydrogens (tertiary/aromatic N) is 3. The van der Waals surface area contributed by atoms with E-state index in [2.05, 4.69) is 26.8 Å². The molecule has 3 heterocycles. The Morgan fingerprint density at radius 2 is 1.97 bits per heavy atom. The van der Waals surface area contributed by atoms with Crippen molar-refractivity contribution in [1.29, 1.82) is 0 Å². The molecule has 2 aromatic heterocycles. The number of methoxy groups -OCH3 is 1. The van der Waals surface area contributed by atoms with Crippen molar-refractivity contribution in [2.75, 3.05) is 19.5 Å². The van der Waals surface area contributed by atoms with E-state index in [-0.39, 0.29) is 22.9 Å². The monoisotopic (exact) mass is 413 g/mol. The maximum atomic E-state index is 12.3. The van der Waals surface area contributed by atoms with E-state index < -0.39 is 36.7 Å². The summed E-state index contributed by atoms with van der Waals surface area (Å²) in [5, 5.41) is 30.0. The van der Waals surface area contributed by atoms with Crippen molar-refractivity contribution in [1.82, 2.24) is 19.5 Å². The van der Waals surface area contributed by atoms with Crippen molar-refractivity contribution in [2.45, 2.75) is 24.5 Å². The third-order valence-electron chi connectivity index (χ3n) is 4.75. The molecule has 11 nitrogen and oxygen atoms in total. The van der Waals surface area contributed by atoms with Crippen molar-refractivity contribution in [3.05, 3.63) is 46.0 Å². The molecular weight excluding hydrogens is 394 g/mol. The van der Waals surface area contributed by atoms with Crippen LogP contribution < -0.4 is 16.0 Å². The molecule has 4 atom stereocenters. The number of nitrogen functional groups attached to an aromatic ring is 1. The number of hydrogen-bond donors (Lipinski definition) is 5. The number of benzene rings is 1. The van der Waals surface area contributed by atoms with Gasteiger partial charge in [-0.25, -0.2) is 4.98 Å². The van der Waals surface area contributed by atoms with Crippen LogP contribution in [-0.2, 0) is 4.74 Å². The van der Waals surface area contributed by atoms with Crippen LogP contribution in [0.15, 0.2) is 29.1 Å². The summed E-state index contributed by atoms with van der Waals surface area (Å²) in [4.78, 5) is 23.0. The molecule has 156 valence electrons. The highest BCUT2D eigenvalue weighted by atomic mass is 16.6. The van der Waals surface area contributed by atoms with Gasteiger partial charge in [0, 0.05) is 5.56 Å². The fraction of sp³-hybridized carbons (Fsp3) is 0.316.